The molecule has 0 fully saturated rings. The first-order valence-electron chi connectivity index (χ1n) is 6.98. The number of carbonyl (C=O) groups excluding carboxylic acids is 1. The second kappa shape index (κ2) is 6.55. The van der Waals surface area contributed by atoms with E-state index in [1.165, 1.54) is 18.3 Å². The molecule has 0 atom stereocenters. The number of halogens is 2. The largest absolute Gasteiger partial charge is 0.484 e. The molecule has 0 aliphatic carbocycles. The highest BCUT2D eigenvalue weighted by atomic mass is 35.5. The summed E-state index contributed by atoms with van der Waals surface area (Å²) in [6.45, 7) is 3.26. The van der Waals surface area contributed by atoms with Crippen molar-refractivity contribution in [2.75, 3.05) is 0 Å². The van der Waals surface area contributed by atoms with E-state index in [9.17, 15) is 9.59 Å². The Morgan fingerprint density at radius 2 is 2.12 bits per heavy atom. The summed E-state index contributed by atoms with van der Waals surface area (Å²) >= 11 is 13.1. The topological polar surface area (TPSA) is 72.0 Å². The van der Waals surface area contributed by atoms with Gasteiger partial charge in [-0.1, -0.05) is 23.2 Å². The number of H-pyrrole nitrogens is 1. The lowest BCUT2D eigenvalue weighted by Gasteiger charge is -2.07. The Morgan fingerprint density at radius 3 is 2.79 bits per heavy atom. The standard InChI is InChI=1S/C16H12Cl2N2O3S/c1-7-13-15(22)19-12(20-16(13)24-14(7)8(2)21)6-23-11-4-3-9(17)5-10(11)18/h3-5H,6H2,1-2H3,(H,19,20,22). The minimum Gasteiger partial charge on any atom is -0.484 e. The minimum absolute atomic E-state index is 0.0406. The van der Waals surface area contributed by atoms with Crippen molar-refractivity contribution in [3.8, 4) is 5.75 Å². The first kappa shape index (κ1) is 17.0. The summed E-state index contributed by atoms with van der Waals surface area (Å²) in [5.41, 5.74) is 0.367. The van der Waals surface area contributed by atoms with Gasteiger partial charge in [-0.25, -0.2) is 4.98 Å². The lowest BCUT2D eigenvalue weighted by molar-refractivity contribution is 0.102. The zero-order valence-corrected chi connectivity index (χ0v) is 15.1. The molecule has 0 saturated heterocycles. The van der Waals surface area contributed by atoms with E-state index >= 15 is 0 Å². The van der Waals surface area contributed by atoms with Crippen LogP contribution >= 0.6 is 34.5 Å². The highest BCUT2D eigenvalue weighted by molar-refractivity contribution is 7.20. The molecule has 3 rings (SSSR count). The Kier molecular flexibility index (Phi) is 4.62. The van der Waals surface area contributed by atoms with Gasteiger partial charge in [-0.05, 0) is 37.6 Å². The number of ketones is 1. The van der Waals surface area contributed by atoms with Crippen LogP contribution in [0, 0.1) is 6.92 Å². The van der Waals surface area contributed by atoms with Gasteiger partial charge in [-0.15, -0.1) is 11.3 Å². The van der Waals surface area contributed by atoms with Crippen LogP contribution in [0.3, 0.4) is 0 Å². The van der Waals surface area contributed by atoms with Gasteiger partial charge >= 0.3 is 0 Å². The Bertz CT molecular complexity index is 1010. The first-order chi connectivity index (χ1) is 11.4. The van der Waals surface area contributed by atoms with Crippen molar-refractivity contribution >= 4 is 50.5 Å². The molecule has 0 amide bonds. The van der Waals surface area contributed by atoms with E-state index in [1.807, 2.05) is 0 Å². The van der Waals surface area contributed by atoms with E-state index in [0.29, 0.717) is 42.3 Å². The molecular weight excluding hydrogens is 371 g/mol. The van der Waals surface area contributed by atoms with Crippen LogP contribution in [0.4, 0.5) is 0 Å². The number of hydrogen-bond donors (Lipinski definition) is 1. The SMILES string of the molecule is CC(=O)c1sc2nc(COc3ccc(Cl)cc3Cl)[nH]c(=O)c2c1C. The van der Waals surface area contributed by atoms with E-state index in [4.69, 9.17) is 27.9 Å². The van der Waals surface area contributed by atoms with Crippen molar-refractivity contribution in [1.82, 2.24) is 9.97 Å². The molecule has 0 radical (unpaired) electrons. The molecule has 24 heavy (non-hydrogen) atoms. The third-order valence-electron chi connectivity index (χ3n) is 3.43. The highest BCUT2D eigenvalue weighted by Gasteiger charge is 2.17. The van der Waals surface area contributed by atoms with Gasteiger partial charge in [0.1, 0.15) is 23.0 Å². The number of thiophene rings is 1. The summed E-state index contributed by atoms with van der Waals surface area (Å²) in [4.78, 5) is 32.0. The van der Waals surface area contributed by atoms with Crippen LogP contribution in [-0.4, -0.2) is 15.8 Å². The second-order valence-electron chi connectivity index (χ2n) is 5.17. The van der Waals surface area contributed by atoms with Gasteiger partial charge < -0.3 is 9.72 Å². The maximum Gasteiger partial charge on any atom is 0.260 e. The van der Waals surface area contributed by atoms with Crippen molar-refractivity contribution in [3.63, 3.8) is 0 Å². The molecule has 0 bridgehead atoms. The van der Waals surface area contributed by atoms with Gasteiger partial charge in [0, 0.05) is 5.02 Å². The van der Waals surface area contributed by atoms with Crippen LogP contribution in [0.25, 0.3) is 10.2 Å². The molecule has 0 saturated carbocycles. The fraction of sp³-hybridized carbons (Fsp3) is 0.188. The third kappa shape index (κ3) is 3.17. The zero-order chi connectivity index (χ0) is 17.4. The van der Waals surface area contributed by atoms with E-state index in [1.54, 1.807) is 25.1 Å². The summed E-state index contributed by atoms with van der Waals surface area (Å²) in [6, 6.07) is 4.87. The predicted octanol–water partition coefficient (Wildman–Crippen LogP) is 4.38. The quantitative estimate of drug-likeness (QED) is 0.679. The molecule has 124 valence electrons. The second-order valence-corrected chi connectivity index (χ2v) is 7.01. The van der Waals surface area contributed by atoms with Crippen molar-refractivity contribution in [3.05, 3.63) is 54.9 Å². The van der Waals surface area contributed by atoms with Crippen molar-refractivity contribution in [1.29, 1.82) is 0 Å². The third-order valence-corrected chi connectivity index (χ3v) is 5.24. The fourth-order valence-electron chi connectivity index (χ4n) is 2.33. The average Bonchev–Trinajstić information content (AvgIpc) is 2.84. The van der Waals surface area contributed by atoms with Gasteiger partial charge in [0.15, 0.2) is 5.78 Å². The van der Waals surface area contributed by atoms with E-state index in [2.05, 4.69) is 9.97 Å². The summed E-state index contributed by atoms with van der Waals surface area (Å²) in [5, 5.41) is 1.32. The minimum atomic E-state index is -0.290. The van der Waals surface area contributed by atoms with Gasteiger partial charge in [-0.3, -0.25) is 9.59 Å². The summed E-state index contributed by atoms with van der Waals surface area (Å²) in [7, 11) is 0. The maximum atomic E-state index is 12.3. The molecule has 3 aromatic rings. The maximum absolute atomic E-state index is 12.3. The van der Waals surface area contributed by atoms with E-state index in [-0.39, 0.29) is 17.9 Å². The van der Waals surface area contributed by atoms with Gasteiger partial charge in [0.2, 0.25) is 0 Å². The number of hydrogen-bond acceptors (Lipinski definition) is 5. The molecule has 2 aromatic heterocycles. The summed E-state index contributed by atoms with van der Waals surface area (Å²) in [6.07, 6.45) is 0. The van der Waals surface area contributed by atoms with Crippen LogP contribution < -0.4 is 10.3 Å². The molecule has 0 unspecified atom stereocenters. The Hall–Kier alpha value is -1.89. The molecular formula is C16H12Cl2N2O3S. The van der Waals surface area contributed by atoms with Crippen molar-refractivity contribution < 1.29 is 9.53 Å². The zero-order valence-electron chi connectivity index (χ0n) is 12.8. The summed E-state index contributed by atoms with van der Waals surface area (Å²) < 4.78 is 5.58. The molecule has 8 heteroatoms. The molecule has 0 aliphatic heterocycles. The number of ether oxygens (including phenoxy) is 1. The van der Waals surface area contributed by atoms with E-state index < -0.39 is 0 Å². The number of aryl methyl sites for hydroxylation is 1. The number of fused-ring (bicyclic) bond motifs is 1. The smallest absolute Gasteiger partial charge is 0.260 e. The Morgan fingerprint density at radius 1 is 1.38 bits per heavy atom. The monoisotopic (exact) mass is 382 g/mol. The Labute approximate surface area is 151 Å². The van der Waals surface area contributed by atoms with Gasteiger partial charge in [0.05, 0.1) is 15.3 Å². The molecule has 0 aliphatic rings. The van der Waals surface area contributed by atoms with Gasteiger partial charge in [-0.2, -0.15) is 0 Å². The van der Waals surface area contributed by atoms with Gasteiger partial charge in [0.25, 0.3) is 5.56 Å². The molecule has 2 heterocycles. The first-order valence-corrected chi connectivity index (χ1v) is 8.55. The highest BCUT2D eigenvalue weighted by Crippen LogP contribution is 2.29. The number of nitrogens with one attached hydrogen (secondary N) is 1. The van der Waals surface area contributed by atoms with Crippen molar-refractivity contribution in [2.24, 2.45) is 0 Å². The number of nitrogens with zero attached hydrogens (tertiary/aromatic N) is 1. The molecule has 1 aromatic carbocycles. The molecule has 5 nitrogen and oxygen atoms in total. The lowest BCUT2D eigenvalue weighted by Crippen LogP contribution is -2.13. The van der Waals surface area contributed by atoms with Crippen LogP contribution in [0.2, 0.25) is 10.0 Å². The number of carbonyl (C=O) groups is 1. The van der Waals surface area contributed by atoms with Crippen LogP contribution in [-0.2, 0) is 6.61 Å². The fourth-order valence-corrected chi connectivity index (χ4v) is 3.89. The lowest BCUT2D eigenvalue weighted by atomic mass is 10.2. The number of benzene rings is 1. The number of rotatable bonds is 4. The normalized spacial score (nSPS) is 11.0. The number of aromatic amines is 1. The number of Topliss-reactive ketones (excluding diaryl/α,β-unsaturated/α-hetero) is 1. The van der Waals surface area contributed by atoms with Crippen LogP contribution in [0.5, 0.6) is 5.75 Å². The van der Waals surface area contributed by atoms with Crippen molar-refractivity contribution in [2.45, 2.75) is 20.5 Å². The predicted molar refractivity (Wildman–Crippen MR) is 95.8 cm³/mol. The Balaban J connectivity index is 1.93. The number of aromatic nitrogens is 2. The van der Waals surface area contributed by atoms with Crippen LogP contribution in [0.1, 0.15) is 28.0 Å². The molecule has 1 N–H and O–H groups in total. The van der Waals surface area contributed by atoms with E-state index in [0.717, 1.165) is 0 Å². The summed E-state index contributed by atoms with van der Waals surface area (Å²) in [5.74, 6) is 0.714. The molecule has 0 spiro atoms. The average molecular weight is 383 g/mol. The van der Waals surface area contributed by atoms with Crippen LogP contribution in [0.15, 0.2) is 23.0 Å².